The van der Waals surface area contributed by atoms with E-state index in [-0.39, 0.29) is 28.5 Å². The van der Waals surface area contributed by atoms with Gasteiger partial charge < -0.3 is 9.38 Å². The molecule has 342 valence electrons. The van der Waals surface area contributed by atoms with Gasteiger partial charge in [-0.25, -0.2) is 4.98 Å². The summed E-state index contributed by atoms with van der Waals surface area (Å²) in [5, 5.41) is 6.47. The number of anilines is 2. The van der Waals surface area contributed by atoms with Crippen LogP contribution in [-0.2, 0) is 21.7 Å². The fraction of sp³-hybridized carbons (Fsp3) is 0.234. The van der Waals surface area contributed by atoms with E-state index in [0.717, 1.165) is 16.1 Å². The van der Waals surface area contributed by atoms with Gasteiger partial charge in [0.15, 0.2) is 0 Å². The SMILES string of the molecule is CC(C)(C)c1ccc(N2B3c4cc5nc(-c6ccccc6)sc5cc4-n4c5ccc(C(C)(C)C)cc5c5c6sc7ccccc7c6c(c3c54)-c3cc4c(cc32)-c2ccc(C(C)(C)C)cc2C4(C)C)cc1. The van der Waals surface area contributed by atoms with Gasteiger partial charge in [-0.2, -0.15) is 0 Å². The highest BCUT2D eigenvalue weighted by Gasteiger charge is 2.48. The normalized spacial score (nSPS) is 14.8. The highest BCUT2D eigenvalue weighted by molar-refractivity contribution is 7.27. The molecule has 0 amide bonds. The summed E-state index contributed by atoms with van der Waals surface area (Å²) in [7, 11) is 0. The van der Waals surface area contributed by atoms with Crippen LogP contribution in [0.1, 0.15) is 104 Å². The largest absolute Gasteiger partial charge is 0.376 e. The maximum atomic E-state index is 5.46. The summed E-state index contributed by atoms with van der Waals surface area (Å²) in [5.41, 5.74) is 23.3. The van der Waals surface area contributed by atoms with E-state index in [1.165, 1.54) is 125 Å². The molecule has 3 aromatic heterocycles. The molecule has 0 saturated heterocycles. The van der Waals surface area contributed by atoms with Gasteiger partial charge in [-0.3, -0.25) is 0 Å². The van der Waals surface area contributed by atoms with Gasteiger partial charge in [-0.05, 0) is 126 Å². The number of thiazole rings is 1. The summed E-state index contributed by atoms with van der Waals surface area (Å²) in [6, 6.07) is 54.3. The van der Waals surface area contributed by atoms with Gasteiger partial charge in [-0.1, -0.05) is 161 Å². The molecule has 0 bridgehead atoms. The summed E-state index contributed by atoms with van der Waals surface area (Å²) < 4.78 is 6.58. The number of hydrogen-bond acceptors (Lipinski definition) is 4. The molecule has 5 heterocycles. The molecule has 3 aliphatic rings. The zero-order valence-corrected chi connectivity index (χ0v) is 43.6. The molecular weight excluding hydrogens is 886 g/mol. The molecule has 0 N–H and O–H groups in total. The van der Waals surface area contributed by atoms with Gasteiger partial charge in [0.05, 0.1) is 21.3 Å². The van der Waals surface area contributed by atoms with E-state index in [0.29, 0.717) is 0 Å². The zero-order chi connectivity index (χ0) is 48.1. The Hall–Kier alpha value is -6.47. The number of fused-ring (bicyclic) bond motifs is 17. The first-order valence-electron chi connectivity index (χ1n) is 25.1. The smallest absolute Gasteiger partial charge is 0.333 e. The molecule has 0 unspecified atom stereocenters. The number of nitrogens with zero attached hydrogens (tertiary/aromatic N) is 3. The van der Waals surface area contributed by atoms with Gasteiger partial charge >= 0.3 is 6.85 Å². The minimum Gasteiger partial charge on any atom is -0.376 e. The topological polar surface area (TPSA) is 21.1 Å². The van der Waals surface area contributed by atoms with Crippen molar-refractivity contribution in [2.75, 3.05) is 4.81 Å². The van der Waals surface area contributed by atoms with E-state index in [1.54, 1.807) is 11.3 Å². The van der Waals surface area contributed by atoms with Crippen LogP contribution in [0.15, 0.2) is 140 Å². The van der Waals surface area contributed by atoms with Gasteiger partial charge in [0.2, 0.25) is 0 Å². The summed E-state index contributed by atoms with van der Waals surface area (Å²) in [5.74, 6) is 0. The van der Waals surface area contributed by atoms with E-state index < -0.39 is 0 Å². The first-order chi connectivity index (χ1) is 33.4. The molecule has 11 aromatic rings. The second kappa shape index (κ2) is 13.9. The predicted molar refractivity (Wildman–Crippen MR) is 305 cm³/mol. The molecule has 14 rings (SSSR count). The summed E-state index contributed by atoms with van der Waals surface area (Å²) in [6.07, 6.45) is 0. The lowest BCUT2D eigenvalue weighted by Gasteiger charge is -2.43. The van der Waals surface area contributed by atoms with E-state index in [4.69, 9.17) is 4.98 Å². The molecule has 70 heavy (non-hydrogen) atoms. The number of thiophene rings is 1. The van der Waals surface area contributed by atoms with Crippen LogP contribution in [0.4, 0.5) is 11.4 Å². The van der Waals surface area contributed by atoms with Crippen molar-refractivity contribution in [3.8, 4) is 38.5 Å². The number of hydrogen-bond donors (Lipinski definition) is 0. The van der Waals surface area contributed by atoms with Crippen LogP contribution in [0.5, 0.6) is 0 Å². The van der Waals surface area contributed by atoms with E-state index in [2.05, 4.69) is 225 Å². The highest BCUT2D eigenvalue weighted by Crippen LogP contribution is 2.58. The lowest BCUT2D eigenvalue weighted by molar-refractivity contribution is 0.584. The molecule has 0 fully saturated rings. The van der Waals surface area contributed by atoms with Crippen molar-refractivity contribution in [1.29, 1.82) is 0 Å². The van der Waals surface area contributed by atoms with Crippen LogP contribution < -0.4 is 15.7 Å². The van der Waals surface area contributed by atoms with Crippen LogP contribution in [0.25, 0.3) is 90.7 Å². The maximum Gasteiger partial charge on any atom is 0.333 e. The van der Waals surface area contributed by atoms with Crippen LogP contribution in [-0.4, -0.2) is 16.4 Å². The summed E-state index contributed by atoms with van der Waals surface area (Å²) >= 11 is 3.78. The van der Waals surface area contributed by atoms with Crippen LogP contribution in [0, 0.1) is 0 Å². The molecule has 2 aliphatic heterocycles. The Morgan fingerprint density at radius 1 is 0.543 bits per heavy atom. The molecule has 8 aromatic carbocycles. The third-order valence-corrected chi connectivity index (χ3v) is 18.5. The lowest BCUT2D eigenvalue weighted by atomic mass is 9.43. The first kappa shape index (κ1) is 42.4. The molecule has 3 nitrogen and oxygen atoms in total. The number of rotatable bonds is 2. The second-order valence-electron chi connectivity index (χ2n) is 24.0. The first-order valence-corrected chi connectivity index (χ1v) is 26.7. The second-order valence-corrected chi connectivity index (χ2v) is 26.1. The van der Waals surface area contributed by atoms with Crippen molar-refractivity contribution in [1.82, 2.24) is 9.55 Å². The van der Waals surface area contributed by atoms with Crippen molar-refractivity contribution in [2.45, 2.75) is 97.8 Å². The molecule has 6 heteroatoms. The Morgan fingerprint density at radius 3 is 1.96 bits per heavy atom. The molecule has 0 spiro atoms. The minimum absolute atomic E-state index is 0.0156. The van der Waals surface area contributed by atoms with E-state index >= 15 is 0 Å². The van der Waals surface area contributed by atoms with Gasteiger partial charge in [0.1, 0.15) is 5.01 Å². The van der Waals surface area contributed by atoms with Gasteiger partial charge in [0.25, 0.3) is 0 Å². The number of aromatic nitrogens is 2. The van der Waals surface area contributed by atoms with E-state index in [9.17, 15) is 0 Å². The minimum atomic E-state index is -0.203. The van der Waals surface area contributed by atoms with E-state index in [1.807, 2.05) is 11.3 Å². The summed E-state index contributed by atoms with van der Waals surface area (Å²) in [6.45, 7) is 25.8. The molecule has 1 aliphatic carbocycles. The Morgan fingerprint density at radius 2 is 1.21 bits per heavy atom. The van der Waals surface area contributed by atoms with Crippen LogP contribution in [0.2, 0.25) is 0 Å². The molecule has 0 radical (unpaired) electrons. The fourth-order valence-electron chi connectivity index (χ4n) is 12.5. The van der Waals surface area contributed by atoms with Crippen molar-refractivity contribution < 1.29 is 0 Å². The maximum absolute atomic E-state index is 5.46. The van der Waals surface area contributed by atoms with Crippen molar-refractivity contribution >= 4 is 104 Å². The lowest BCUT2D eigenvalue weighted by Crippen LogP contribution is -2.60. The Balaban J connectivity index is 1.19. The fourth-order valence-corrected chi connectivity index (χ4v) is 14.7. The molecule has 0 saturated carbocycles. The van der Waals surface area contributed by atoms with Crippen LogP contribution in [0.3, 0.4) is 0 Å². The van der Waals surface area contributed by atoms with Crippen molar-refractivity contribution in [3.63, 3.8) is 0 Å². The number of benzene rings is 8. The third kappa shape index (κ3) is 5.72. The predicted octanol–water partition coefficient (Wildman–Crippen LogP) is 16.9. The van der Waals surface area contributed by atoms with Gasteiger partial charge in [-0.15, -0.1) is 22.7 Å². The zero-order valence-electron chi connectivity index (χ0n) is 42.0. The highest BCUT2D eigenvalue weighted by atomic mass is 32.1. The standard InChI is InChI=1S/C64H56BN3S2/c1-61(2,3)36-21-25-39(26-22-36)68-50-32-42-40-27-23-38(63(7,8)9)30-45(40)64(10,11)46(42)31-44(50)54-55-41-19-15-16-20-52(41)69-59(55)56-43-29-37(62(4,5)6)24-28-49(43)67-51-34-53-48(33-47(51)65(68)57(54)58(56)67)66-60(70-53)35-17-13-12-14-18-35/h12-34H,1-11H3. The Labute approximate surface area is 419 Å². The Kier molecular flexibility index (Phi) is 8.42. The third-order valence-electron chi connectivity index (χ3n) is 16.3. The van der Waals surface area contributed by atoms with Crippen LogP contribution >= 0.6 is 22.7 Å². The molecular formula is C64H56BN3S2. The van der Waals surface area contributed by atoms with Crippen molar-refractivity contribution in [3.05, 3.63) is 167 Å². The van der Waals surface area contributed by atoms with Gasteiger partial charge in [0, 0.05) is 64.5 Å². The summed E-state index contributed by atoms with van der Waals surface area (Å²) in [4.78, 5) is 8.19. The van der Waals surface area contributed by atoms with Crippen molar-refractivity contribution in [2.24, 2.45) is 0 Å². The quantitative estimate of drug-likeness (QED) is 0.161. The molecule has 0 atom stereocenters. The average Bonchev–Trinajstić information content (AvgIpc) is 4.08. The Bertz CT molecular complexity index is 4090. The average molecular weight is 942 g/mol. The monoisotopic (exact) mass is 941 g/mol.